The lowest BCUT2D eigenvalue weighted by Gasteiger charge is -2.05. The summed E-state index contributed by atoms with van der Waals surface area (Å²) in [5.41, 5.74) is 0.811. The molecule has 0 aliphatic heterocycles. The molecule has 1 heterocycles. The highest BCUT2D eigenvalue weighted by Gasteiger charge is 2.14. The lowest BCUT2D eigenvalue weighted by Crippen LogP contribution is -2.23. The summed E-state index contributed by atoms with van der Waals surface area (Å²) in [5.74, 6) is -0.104. The van der Waals surface area contributed by atoms with Crippen LogP contribution in [0.2, 0.25) is 0 Å². The first-order valence-corrected chi connectivity index (χ1v) is 4.41. The molecule has 78 valence electrons. The zero-order valence-electron chi connectivity index (χ0n) is 8.52. The molecule has 0 saturated carbocycles. The van der Waals surface area contributed by atoms with Crippen LogP contribution in [-0.2, 0) is 13.6 Å². The topological polar surface area (TPSA) is 73.0 Å². The molecule has 0 bridgehead atoms. The van der Waals surface area contributed by atoms with Gasteiger partial charge in [-0.2, -0.15) is 4.68 Å². The Morgan fingerprint density at radius 3 is 2.79 bits per heavy atom. The number of hydrogen-bond donors (Lipinski definition) is 1. The van der Waals surface area contributed by atoms with Crippen LogP contribution in [0, 0.1) is 10.1 Å². The summed E-state index contributed by atoms with van der Waals surface area (Å²) in [7, 11) is 1.70. The molecule has 0 aromatic carbocycles. The molecule has 0 atom stereocenters. The Labute approximate surface area is 82.1 Å². The first-order chi connectivity index (χ1) is 6.50. The van der Waals surface area contributed by atoms with Crippen LogP contribution in [0.1, 0.15) is 19.5 Å². The third-order valence-corrected chi connectivity index (χ3v) is 1.84. The number of hydrogen-bond acceptors (Lipinski definition) is 4. The van der Waals surface area contributed by atoms with Crippen molar-refractivity contribution in [1.82, 2.24) is 15.1 Å². The van der Waals surface area contributed by atoms with Gasteiger partial charge in [-0.15, -0.1) is 0 Å². The maximum Gasteiger partial charge on any atom is 0.390 e. The number of nitrogens with one attached hydrogen (secondary N) is 1. The smallest absolute Gasteiger partial charge is 0.358 e. The quantitative estimate of drug-likeness (QED) is 0.574. The predicted octanol–water partition coefficient (Wildman–Crippen LogP) is 0.826. The van der Waals surface area contributed by atoms with Gasteiger partial charge in [0.2, 0.25) is 0 Å². The van der Waals surface area contributed by atoms with E-state index in [0.29, 0.717) is 12.6 Å². The minimum atomic E-state index is -0.487. The maximum absolute atomic E-state index is 10.4. The summed E-state index contributed by atoms with van der Waals surface area (Å²) in [5, 5.41) is 17.4. The second kappa shape index (κ2) is 4.19. The molecule has 0 spiro atoms. The summed E-state index contributed by atoms with van der Waals surface area (Å²) in [6.07, 6.45) is 0. The summed E-state index contributed by atoms with van der Waals surface area (Å²) >= 11 is 0. The van der Waals surface area contributed by atoms with E-state index in [4.69, 9.17) is 0 Å². The second-order valence-electron chi connectivity index (χ2n) is 3.41. The highest BCUT2D eigenvalue weighted by Crippen LogP contribution is 2.10. The van der Waals surface area contributed by atoms with Crippen molar-refractivity contribution in [2.24, 2.45) is 7.05 Å². The summed E-state index contributed by atoms with van der Waals surface area (Å²) in [4.78, 5) is 9.93. The fourth-order valence-electron chi connectivity index (χ4n) is 1.05. The third-order valence-electron chi connectivity index (χ3n) is 1.84. The Balaban J connectivity index is 2.72. The first-order valence-electron chi connectivity index (χ1n) is 4.41. The van der Waals surface area contributed by atoms with Crippen LogP contribution in [0.4, 0.5) is 5.82 Å². The van der Waals surface area contributed by atoms with Gasteiger partial charge in [-0.25, -0.2) is 0 Å². The van der Waals surface area contributed by atoms with Gasteiger partial charge in [-0.1, -0.05) is 13.8 Å². The Morgan fingerprint density at radius 2 is 2.36 bits per heavy atom. The summed E-state index contributed by atoms with van der Waals surface area (Å²) in [6, 6.07) is 1.83. The van der Waals surface area contributed by atoms with Gasteiger partial charge in [0.15, 0.2) is 0 Å². The normalized spacial score (nSPS) is 10.9. The Morgan fingerprint density at radius 1 is 1.71 bits per heavy atom. The van der Waals surface area contributed by atoms with Gasteiger partial charge in [-0.05, 0) is 4.92 Å². The summed E-state index contributed by atoms with van der Waals surface area (Å²) in [6.45, 7) is 4.63. The van der Waals surface area contributed by atoms with Gasteiger partial charge >= 0.3 is 5.82 Å². The third kappa shape index (κ3) is 2.53. The molecule has 0 unspecified atom stereocenters. The zero-order valence-corrected chi connectivity index (χ0v) is 8.52. The standard InChI is InChI=1S/C8H14N4O2/c1-6(2)9-5-7-4-8(12(13)14)10-11(7)3/h4,6,9H,5H2,1-3H3. The van der Waals surface area contributed by atoms with Gasteiger partial charge in [0, 0.05) is 12.6 Å². The van der Waals surface area contributed by atoms with E-state index >= 15 is 0 Å². The molecule has 0 aliphatic rings. The van der Waals surface area contributed by atoms with E-state index in [0.717, 1.165) is 5.69 Å². The number of nitrogens with zero attached hydrogens (tertiary/aromatic N) is 3. The average molecular weight is 198 g/mol. The van der Waals surface area contributed by atoms with Gasteiger partial charge < -0.3 is 15.4 Å². The van der Waals surface area contributed by atoms with Crippen molar-refractivity contribution in [1.29, 1.82) is 0 Å². The molecule has 0 saturated heterocycles. The average Bonchev–Trinajstić information content (AvgIpc) is 2.43. The first kappa shape index (κ1) is 10.6. The van der Waals surface area contributed by atoms with Crippen LogP contribution >= 0.6 is 0 Å². The Kier molecular flexibility index (Phi) is 3.19. The SMILES string of the molecule is CC(C)NCc1cc([N+](=O)[O-])nn1C. The molecule has 6 nitrogen and oxygen atoms in total. The largest absolute Gasteiger partial charge is 0.390 e. The van der Waals surface area contributed by atoms with Crippen molar-refractivity contribution in [2.75, 3.05) is 0 Å². The minimum absolute atomic E-state index is 0.104. The Hall–Kier alpha value is -1.43. The van der Waals surface area contributed by atoms with Gasteiger partial charge in [0.1, 0.15) is 0 Å². The van der Waals surface area contributed by atoms with Gasteiger partial charge in [0.25, 0.3) is 0 Å². The second-order valence-corrected chi connectivity index (χ2v) is 3.41. The van der Waals surface area contributed by atoms with E-state index in [-0.39, 0.29) is 5.82 Å². The van der Waals surface area contributed by atoms with Crippen molar-refractivity contribution in [3.63, 3.8) is 0 Å². The molecule has 1 aromatic rings. The van der Waals surface area contributed by atoms with Crippen molar-refractivity contribution in [3.8, 4) is 0 Å². The van der Waals surface area contributed by atoms with Crippen molar-refractivity contribution >= 4 is 5.82 Å². The lowest BCUT2D eigenvalue weighted by atomic mass is 10.3. The van der Waals surface area contributed by atoms with Gasteiger partial charge in [-0.3, -0.25) is 0 Å². The molecule has 0 amide bonds. The lowest BCUT2D eigenvalue weighted by molar-refractivity contribution is -0.389. The van der Waals surface area contributed by atoms with Gasteiger partial charge in [0.05, 0.1) is 23.9 Å². The molecular formula is C8H14N4O2. The van der Waals surface area contributed by atoms with E-state index in [1.165, 1.54) is 10.7 Å². The van der Waals surface area contributed by atoms with Crippen LogP contribution in [0.25, 0.3) is 0 Å². The fourth-order valence-corrected chi connectivity index (χ4v) is 1.05. The molecule has 0 aliphatic carbocycles. The zero-order chi connectivity index (χ0) is 10.7. The molecule has 1 N–H and O–H groups in total. The molecular weight excluding hydrogens is 184 g/mol. The number of nitro groups is 1. The molecule has 0 radical (unpaired) electrons. The van der Waals surface area contributed by atoms with E-state index in [9.17, 15) is 10.1 Å². The number of rotatable bonds is 4. The molecule has 14 heavy (non-hydrogen) atoms. The molecule has 1 rings (SSSR count). The Bertz CT molecular complexity index is 332. The van der Waals surface area contributed by atoms with Crippen LogP contribution < -0.4 is 5.32 Å². The number of aromatic nitrogens is 2. The monoisotopic (exact) mass is 198 g/mol. The van der Waals surface area contributed by atoms with E-state index < -0.39 is 4.92 Å². The van der Waals surface area contributed by atoms with E-state index in [1.54, 1.807) is 7.05 Å². The fraction of sp³-hybridized carbons (Fsp3) is 0.625. The summed E-state index contributed by atoms with van der Waals surface area (Å²) < 4.78 is 1.52. The van der Waals surface area contributed by atoms with Crippen molar-refractivity contribution in [3.05, 3.63) is 21.9 Å². The van der Waals surface area contributed by atoms with Crippen LogP contribution in [-0.4, -0.2) is 20.7 Å². The van der Waals surface area contributed by atoms with E-state index in [1.807, 2.05) is 13.8 Å². The van der Waals surface area contributed by atoms with Crippen LogP contribution in [0.3, 0.4) is 0 Å². The minimum Gasteiger partial charge on any atom is -0.358 e. The van der Waals surface area contributed by atoms with Crippen molar-refractivity contribution < 1.29 is 4.92 Å². The highest BCUT2D eigenvalue weighted by molar-refractivity contribution is 5.21. The number of aryl methyl sites for hydroxylation is 1. The van der Waals surface area contributed by atoms with Crippen LogP contribution in [0.5, 0.6) is 0 Å². The molecule has 0 fully saturated rings. The molecule has 1 aromatic heterocycles. The van der Waals surface area contributed by atoms with Crippen LogP contribution in [0.15, 0.2) is 6.07 Å². The predicted molar refractivity (Wildman–Crippen MR) is 51.8 cm³/mol. The van der Waals surface area contributed by atoms with E-state index in [2.05, 4.69) is 10.4 Å². The highest BCUT2D eigenvalue weighted by atomic mass is 16.6. The van der Waals surface area contributed by atoms with Crippen molar-refractivity contribution in [2.45, 2.75) is 26.4 Å². The maximum atomic E-state index is 10.4. The molecule has 6 heteroatoms.